The summed E-state index contributed by atoms with van der Waals surface area (Å²) in [4.78, 5) is 2.41. The number of rotatable bonds is 5. The summed E-state index contributed by atoms with van der Waals surface area (Å²) < 4.78 is 19.1. The third-order valence-electron chi connectivity index (χ3n) is 3.08. The van der Waals surface area contributed by atoms with Gasteiger partial charge in [0.15, 0.2) is 0 Å². The van der Waals surface area contributed by atoms with Crippen LogP contribution in [0.4, 0.5) is 4.39 Å². The number of nitrogens with two attached hydrogens (primary N) is 1. The van der Waals surface area contributed by atoms with E-state index >= 15 is 0 Å². The minimum atomic E-state index is -0.429. The van der Waals surface area contributed by atoms with Gasteiger partial charge in [0.05, 0.1) is 0 Å². The van der Waals surface area contributed by atoms with Crippen LogP contribution in [0.3, 0.4) is 0 Å². The van der Waals surface area contributed by atoms with Crippen molar-refractivity contribution in [2.24, 2.45) is 5.73 Å². The lowest BCUT2D eigenvalue weighted by Gasteiger charge is -2.15. The molecule has 1 fully saturated rings. The fourth-order valence-corrected chi connectivity index (χ4v) is 2.25. The summed E-state index contributed by atoms with van der Waals surface area (Å²) in [7, 11) is 0. The number of likely N-dealkylation sites (tertiary alicyclic amines) is 1. The Morgan fingerprint density at radius 1 is 1.39 bits per heavy atom. The van der Waals surface area contributed by atoms with Gasteiger partial charge >= 0.3 is 0 Å². The van der Waals surface area contributed by atoms with Crippen molar-refractivity contribution in [3.63, 3.8) is 0 Å². The zero-order valence-corrected chi connectivity index (χ0v) is 11.0. The van der Waals surface area contributed by atoms with Gasteiger partial charge in [0.1, 0.15) is 23.2 Å². The lowest BCUT2D eigenvalue weighted by molar-refractivity contribution is 0.237. The van der Waals surface area contributed by atoms with E-state index in [1.54, 1.807) is 12.1 Å². The molecule has 0 unspecified atom stereocenters. The molecule has 2 N–H and O–H groups in total. The standard InChI is InChI=1S/C13H17FN2OS/c14-12-9-10(3-4-11(12)13(15)18)17-8-7-16-5-1-2-6-16/h3-4,9H,1-2,5-8H2,(H2,15,18). The molecule has 0 aliphatic carbocycles. The van der Waals surface area contributed by atoms with E-state index in [1.807, 2.05) is 0 Å². The molecule has 2 rings (SSSR count). The second kappa shape index (κ2) is 6.11. The first-order chi connectivity index (χ1) is 8.66. The van der Waals surface area contributed by atoms with Gasteiger partial charge in [0.25, 0.3) is 0 Å². The topological polar surface area (TPSA) is 38.5 Å². The largest absolute Gasteiger partial charge is 0.492 e. The van der Waals surface area contributed by atoms with Crippen molar-refractivity contribution < 1.29 is 9.13 Å². The van der Waals surface area contributed by atoms with Gasteiger partial charge in [-0.3, -0.25) is 4.90 Å². The Kier molecular flexibility index (Phi) is 4.49. The number of benzene rings is 1. The quantitative estimate of drug-likeness (QED) is 0.828. The highest BCUT2D eigenvalue weighted by Crippen LogP contribution is 2.17. The molecule has 0 spiro atoms. The van der Waals surface area contributed by atoms with Crippen LogP contribution in [-0.4, -0.2) is 36.1 Å². The van der Waals surface area contributed by atoms with Gasteiger partial charge in [-0.2, -0.15) is 0 Å². The summed E-state index contributed by atoms with van der Waals surface area (Å²) in [5.74, 6) is 0.0906. The third-order valence-corrected chi connectivity index (χ3v) is 3.30. The lowest BCUT2D eigenvalue weighted by Crippen LogP contribution is -2.25. The van der Waals surface area contributed by atoms with Crippen LogP contribution in [-0.2, 0) is 0 Å². The fraction of sp³-hybridized carbons (Fsp3) is 0.462. The minimum Gasteiger partial charge on any atom is -0.492 e. The van der Waals surface area contributed by atoms with Crippen LogP contribution in [0, 0.1) is 5.82 Å². The van der Waals surface area contributed by atoms with E-state index in [2.05, 4.69) is 4.90 Å². The maximum Gasteiger partial charge on any atom is 0.137 e. The first-order valence-corrected chi connectivity index (χ1v) is 6.52. The molecule has 3 nitrogen and oxygen atoms in total. The monoisotopic (exact) mass is 268 g/mol. The van der Waals surface area contributed by atoms with Gasteiger partial charge in [-0.15, -0.1) is 0 Å². The van der Waals surface area contributed by atoms with E-state index in [0.29, 0.717) is 12.4 Å². The Labute approximate surface area is 112 Å². The van der Waals surface area contributed by atoms with Crippen LogP contribution in [0.5, 0.6) is 5.75 Å². The van der Waals surface area contributed by atoms with Crippen molar-refractivity contribution in [2.45, 2.75) is 12.8 Å². The molecule has 0 radical (unpaired) electrons. The minimum absolute atomic E-state index is 0.0658. The molecular formula is C13H17FN2OS. The Bertz CT molecular complexity index is 433. The predicted molar refractivity (Wildman–Crippen MR) is 73.5 cm³/mol. The number of hydrogen-bond acceptors (Lipinski definition) is 3. The molecule has 18 heavy (non-hydrogen) atoms. The predicted octanol–water partition coefficient (Wildman–Crippen LogP) is 1.93. The van der Waals surface area contributed by atoms with Gasteiger partial charge in [-0.1, -0.05) is 12.2 Å². The summed E-state index contributed by atoms with van der Waals surface area (Å²) in [5, 5.41) is 0. The number of ether oxygens (including phenoxy) is 1. The molecule has 1 heterocycles. The second-order valence-electron chi connectivity index (χ2n) is 4.40. The Morgan fingerprint density at radius 3 is 2.72 bits per heavy atom. The van der Waals surface area contributed by atoms with Gasteiger partial charge in [-0.05, 0) is 38.1 Å². The molecule has 0 amide bonds. The highest BCUT2D eigenvalue weighted by atomic mass is 32.1. The summed E-state index contributed by atoms with van der Waals surface area (Å²) in [6.07, 6.45) is 2.52. The molecule has 1 aromatic rings. The Balaban J connectivity index is 1.85. The highest BCUT2D eigenvalue weighted by Gasteiger charge is 2.11. The SMILES string of the molecule is NC(=S)c1ccc(OCCN2CCCC2)cc1F. The summed E-state index contributed by atoms with van der Waals surface area (Å²) in [6, 6.07) is 4.59. The fourth-order valence-electron chi connectivity index (χ4n) is 2.08. The van der Waals surface area contributed by atoms with Crippen molar-refractivity contribution >= 4 is 17.2 Å². The van der Waals surface area contributed by atoms with E-state index in [4.69, 9.17) is 22.7 Å². The average molecular weight is 268 g/mol. The Hall–Kier alpha value is -1.20. The molecule has 98 valence electrons. The first-order valence-electron chi connectivity index (χ1n) is 6.11. The molecule has 0 saturated carbocycles. The molecule has 1 aliphatic rings. The van der Waals surface area contributed by atoms with Crippen LogP contribution in [0.25, 0.3) is 0 Å². The van der Waals surface area contributed by atoms with Crippen LogP contribution in [0.2, 0.25) is 0 Å². The van der Waals surface area contributed by atoms with Gasteiger partial charge in [0, 0.05) is 18.2 Å². The van der Waals surface area contributed by atoms with Gasteiger partial charge in [-0.25, -0.2) is 4.39 Å². The number of nitrogens with zero attached hydrogens (tertiary/aromatic N) is 1. The maximum atomic E-state index is 13.6. The summed E-state index contributed by atoms with van der Waals surface area (Å²) in [6.45, 7) is 3.74. The molecule has 1 aliphatic heterocycles. The van der Waals surface area contributed by atoms with Crippen molar-refractivity contribution in [3.8, 4) is 5.75 Å². The molecule has 1 aromatic carbocycles. The first kappa shape index (κ1) is 13.2. The lowest BCUT2D eigenvalue weighted by atomic mass is 10.2. The normalized spacial score (nSPS) is 15.8. The summed E-state index contributed by atoms with van der Waals surface area (Å²) in [5.41, 5.74) is 5.65. The number of thiocarbonyl (C=S) groups is 1. The highest BCUT2D eigenvalue weighted by molar-refractivity contribution is 7.80. The van der Waals surface area contributed by atoms with E-state index in [0.717, 1.165) is 19.6 Å². The van der Waals surface area contributed by atoms with Crippen molar-refractivity contribution in [3.05, 3.63) is 29.6 Å². The Morgan fingerprint density at radius 2 is 2.11 bits per heavy atom. The van der Waals surface area contributed by atoms with Crippen molar-refractivity contribution in [1.29, 1.82) is 0 Å². The smallest absolute Gasteiger partial charge is 0.137 e. The van der Waals surface area contributed by atoms with Crippen LogP contribution >= 0.6 is 12.2 Å². The zero-order valence-electron chi connectivity index (χ0n) is 10.2. The molecule has 0 atom stereocenters. The summed E-state index contributed by atoms with van der Waals surface area (Å²) >= 11 is 4.74. The zero-order chi connectivity index (χ0) is 13.0. The van der Waals surface area contributed by atoms with Crippen LogP contribution in [0.15, 0.2) is 18.2 Å². The maximum absolute atomic E-state index is 13.6. The molecule has 1 saturated heterocycles. The van der Waals surface area contributed by atoms with Crippen molar-refractivity contribution in [2.75, 3.05) is 26.2 Å². The molecular weight excluding hydrogens is 251 g/mol. The van der Waals surface area contributed by atoms with E-state index in [9.17, 15) is 4.39 Å². The van der Waals surface area contributed by atoms with E-state index in [1.165, 1.54) is 18.9 Å². The molecule has 0 aromatic heterocycles. The number of halogens is 1. The molecule has 5 heteroatoms. The van der Waals surface area contributed by atoms with Gasteiger partial charge < -0.3 is 10.5 Å². The molecule has 0 bridgehead atoms. The van der Waals surface area contributed by atoms with Crippen LogP contribution in [0.1, 0.15) is 18.4 Å². The third kappa shape index (κ3) is 3.40. The number of hydrogen-bond donors (Lipinski definition) is 1. The van der Waals surface area contributed by atoms with Crippen molar-refractivity contribution in [1.82, 2.24) is 4.90 Å². The second-order valence-corrected chi connectivity index (χ2v) is 4.84. The van der Waals surface area contributed by atoms with E-state index in [-0.39, 0.29) is 10.6 Å². The average Bonchev–Trinajstić information content (AvgIpc) is 2.81. The van der Waals surface area contributed by atoms with E-state index < -0.39 is 5.82 Å². The van der Waals surface area contributed by atoms with Crippen LogP contribution < -0.4 is 10.5 Å². The van der Waals surface area contributed by atoms with Gasteiger partial charge in [0.2, 0.25) is 0 Å².